The Kier molecular flexibility index (Phi) is 5.67. The summed E-state index contributed by atoms with van der Waals surface area (Å²) in [6.45, 7) is 9.91. The van der Waals surface area contributed by atoms with Crippen LogP contribution in [0.5, 0.6) is 0 Å². The molecular formula is C17H33N3O. The van der Waals surface area contributed by atoms with E-state index in [0.717, 1.165) is 25.6 Å². The molecule has 0 aromatic carbocycles. The maximum absolute atomic E-state index is 12.1. The topological polar surface area (TPSA) is 44.4 Å². The molecule has 0 aromatic heterocycles. The van der Waals surface area contributed by atoms with Crippen LogP contribution in [0.3, 0.4) is 0 Å². The van der Waals surface area contributed by atoms with Gasteiger partial charge in [0.05, 0.1) is 0 Å². The second-order valence-corrected chi connectivity index (χ2v) is 7.80. The quantitative estimate of drug-likeness (QED) is 0.766. The third-order valence-corrected chi connectivity index (χ3v) is 5.47. The lowest BCUT2D eigenvalue weighted by molar-refractivity contribution is -0.127. The highest BCUT2D eigenvalue weighted by Crippen LogP contribution is 2.38. The number of rotatable bonds is 2. The molecule has 2 N–H and O–H groups in total. The maximum Gasteiger partial charge on any atom is 0.238 e. The predicted molar refractivity (Wildman–Crippen MR) is 87.2 cm³/mol. The van der Waals surface area contributed by atoms with Crippen LogP contribution < -0.4 is 10.6 Å². The van der Waals surface area contributed by atoms with Gasteiger partial charge in [-0.3, -0.25) is 9.69 Å². The number of amides is 1. The summed E-state index contributed by atoms with van der Waals surface area (Å²) in [5.41, 5.74) is 0.415. The normalized spacial score (nSPS) is 32.5. The van der Waals surface area contributed by atoms with Gasteiger partial charge in [0.15, 0.2) is 0 Å². The highest BCUT2D eigenvalue weighted by Gasteiger charge is 2.35. The first kappa shape index (κ1) is 16.8. The molecule has 3 unspecified atom stereocenters. The van der Waals surface area contributed by atoms with E-state index in [-0.39, 0.29) is 11.9 Å². The number of nitrogens with one attached hydrogen (secondary N) is 2. The van der Waals surface area contributed by atoms with E-state index < -0.39 is 0 Å². The van der Waals surface area contributed by atoms with Crippen LogP contribution in [-0.2, 0) is 4.79 Å². The van der Waals surface area contributed by atoms with Crippen molar-refractivity contribution in [1.82, 2.24) is 15.5 Å². The van der Waals surface area contributed by atoms with Gasteiger partial charge in [0.2, 0.25) is 5.91 Å². The zero-order valence-corrected chi connectivity index (χ0v) is 14.2. The summed E-state index contributed by atoms with van der Waals surface area (Å²) < 4.78 is 0. The summed E-state index contributed by atoms with van der Waals surface area (Å²) in [7, 11) is 1.75. The van der Waals surface area contributed by atoms with Gasteiger partial charge in [-0.15, -0.1) is 0 Å². The van der Waals surface area contributed by atoms with E-state index in [0.29, 0.717) is 11.5 Å². The number of hydrogen-bond donors (Lipinski definition) is 2. The summed E-state index contributed by atoms with van der Waals surface area (Å²) in [6, 6.07) is 0.599. The van der Waals surface area contributed by atoms with Crippen molar-refractivity contribution in [3.8, 4) is 0 Å². The van der Waals surface area contributed by atoms with Crippen molar-refractivity contribution in [2.75, 3.05) is 26.7 Å². The van der Waals surface area contributed by atoms with E-state index in [4.69, 9.17) is 0 Å². The zero-order chi connectivity index (χ0) is 15.5. The van der Waals surface area contributed by atoms with Gasteiger partial charge in [-0.1, -0.05) is 27.2 Å². The molecule has 1 aliphatic heterocycles. The third-order valence-electron chi connectivity index (χ3n) is 5.47. The molecule has 21 heavy (non-hydrogen) atoms. The number of nitrogens with zero attached hydrogens (tertiary/aromatic N) is 1. The van der Waals surface area contributed by atoms with Gasteiger partial charge < -0.3 is 10.6 Å². The van der Waals surface area contributed by atoms with Gasteiger partial charge in [-0.2, -0.15) is 0 Å². The minimum atomic E-state index is 0.0138. The molecule has 4 heteroatoms. The summed E-state index contributed by atoms with van der Waals surface area (Å²) in [5.74, 6) is 0.989. The molecule has 4 nitrogen and oxygen atoms in total. The van der Waals surface area contributed by atoms with Crippen molar-refractivity contribution in [3.05, 3.63) is 0 Å². The van der Waals surface area contributed by atoms with E-state index in [9.17, 15) is 4.79 Å². The average Bonchev–Trinajstić information content (AvgIpc) is 2.72. The zero-order valence-electron chi connectivity index (χ0n) is 14.2. The lowest BCUT2D eigenvalue weighted by atomic mass is 9.76. The Balaban J connectivity index is 2.01. The van der Waals surface area contributed by atoms with Crippen LogP contribution in [0.15, 0.2) is 0 Å². The SMILES string of the molecule is CNC(=O)C1CNCCN1C1CCCC(C(C)(C)C)CC1. The largest absolute Gasteiger partial charge is 0.358 e. The van der Waals surface area contributed by atoms with Crippen LogP contribution in [0.1, 0.15) is 52.9 Å². The molecule has 0 bridgehead atoms. The van der Waals surface area contributed by atoms with Crippen molar-refractivity contribution < 1.29 is 4.79 Å². The van der Waals surface area contributed by atoms with Gasteiger partial charge in [0, 0.05) is 32.7 Å². The van der Waals surface area contributed by atoms with Crippen LogP contribution in [0.25, 0.3) is 0 Å². The molecule has 1 saturated heterocycles. The lowest BCUT2D eigenvalue weighted by Crippen LogP contribution is -2.60. The van der Waals surface area contributed by atoms with Crippen molar-refractivity contribution >= 4 is 5.91 Å². The van der Waals surface area contributed by atoms with Crippen molar-refractivity contribution in [2.45, 2.75) is 65.0 Å². The average molecular weight is 295 g/mol. The Morgan fingerprint density at radius 3 is 2.62 bits per heavy atom. The summed E-state index contributed by atoms with van der Waals surface area (Å²) in [6.07, 6.45) is 6.45. The predicted octanol–water partition coefficient (Wildman–Crippen LogP) is 2.00. The number of carbonyl (C=O) groups excluding carboxylic acids is 1. The molecule has 1 aliphatic carbocycles. The standard InChI is InChI=1S/C17H33N3O/c1-17(2,3)13-6-5-7-14(9-8-13)20-11-10-19-12-15(20)16(21)18-4/h13-15,19H,5-12H2,1-4H3,(H,18,21). The smallest absolute Gasteiger partial charge is 0.238 e. The summed E-state index contributed by atoms with van der Waals surface area (Å²) in [4.78, 5) is 14.6. The summed E-state index contributed by atoms with van der Waals surface area (Å²) in [5, 5.41) is 6.20. The molecule has 122 valence electrons. The lowest BCUT2D eigenvalue weighted by Gasteiger charge is -2.40. The first-order valence-electron chi connectivity index (χ1n) is 8.61. The van der Waals surface area contributed by atoms with Crippen molar-refractivity contribution in [2.24, 2.45) is 11.3 Å². The van der Waals surface area contributed by atoms with Gasteiger partial charge in [-0.25, -0.2) is 0 Å². The summed E-state index contributed by atoms with van der Waals surface area (Å²) >= 11 is 0. The van der Waals surface area contributed by atoms with E-state index in [1.807, 2.05) is 0 Å². The van der Waals surface area contributed by atoms with Crippen LogP contribution in [0.4, 0.5) is 0 Å². The molecular weight excluding hydrogens is 262 g/mol. The Labute approximate surface area is 130 Å². The Morgan fingerprint density at radius 2 is 1.95 bits per heavy atom. The van der Waals surface area contributed by atoms with Crippen LogP contribution >= 0.6 is 0 Å². The highest BCUT2D eigenvalue weighted by atomic mass is 16.2. The van der Waals surface area contributed by atoms with Crippen molar-refractivity contribution in [1.29, 1.82) is 0 Å². The molecule has 2 fully saturated rings. The van der Waals surface area contributed by atoms with Crippen LogP contribution in [-0.4, -0.2) is 49.6 Å². The van der Waals surface area contributed by atoms with E-state index in [1.165, 1.54) is 32.1 Å². The van der Waals surface area contributed by atoms with E-state index in [1.54, 1.807) is 7.05 Å². The monoisotopic (exact) mass is 295 g/mol. The van der Waals surface area contributed by atoms with Gasteiger partial charge in [0.1, 0.15) is 6.04 Å². The Morgan fingerprint density at radius 1 is 1.19 bits per heavy atom. The number of hydrogen-bond acceptors (Lipinski definition) is 3. The van der Waals surface area contributed by atoms with Gasteiger partial charge >= 0.3 is 0 Å². The fourth-order valence-corrected chi connectivity index (χ4v) is 4.05. The molecule has 0 aromatic rings. The molecule has 0 spiro atoms. The molecule has 1 saturated carbocycles. The molecule has 3 atom stereocenters. The fourth-order valence-electron chi connectivity index (χ4n) is 4.05. The second kappa shape index (κ2) is 7.10. The van der Waals surface area contributed by atoms with Gasteiger partial charge in [-0.05, 0) is 37.0 Å². The molecule has 1 heterocycles. The fraction of sp³-hybridized carbons (Fsp3) is 0.941. The number of piperazine rings is 1. The minimum Gasteiger partial charge on any atom is -0.358 e. The molecule has 2 rings (SSSR count). The third kappa shape index (κ3) is 4.19. The number of likely N-dealkylation sites (N-methyl/N-ethyl adjacent to an activating group) is 1. The first-order chi connectivity index (χ1) is 9.93. The second-order valence-electron chi connectivity index (χ2n) is 7.80. The Bertz CT molecular complexity index is 350. The first-order valence-corrected chi connectivity index (χ1v) is 8.61. The van der Waals surface area contributed by atoms with E-state index in [2.05, 4.69) is 36.3 Å². The van der Waals surface area contributed by atoms with Crippen LogP contribution in [0, 0.1) is 11.3 Å². The number of carbonyl (C=O) groups is 1. The Hall–Kier alpha value is -0.610. The molecule has 0 radical (unpaired) electrons. The molecule has 2 aliphatic rings. The van der Waals surface area contributed by atoms with Crippen molar-refractivity contribution in [3.63, 3.8) is 0 Å². The van der Waals surface area contributed by atoms with Crippen LogP contribution in [0.2, 0.25) is 0 Å². The maximum atomic E-state index is 12.1. The van der Waals surface area contributed by atoms with E-state index >= 15 is 0 Å². The highest BCUT2D eigenvalue weighted by molar-refractivity contribution is 5.81. The van der Waals surface area contributed by atoms with Gasteiger partial charge in [0.25, 0.3) is 0 Å². The minimum absolute atomic E-state index is 0.0138. The molecule has 1 amide bonds.